The molecule has 1 N–H and O–H groups in total. The Labute approximate surface area is 209 Å². The van der Waals surface area contributed by atoms with Gasteiger partial charge >= 0.3 is 6.18 Å². The lowest BCUT2D eigenvalue weighted by Crippen LogP contribution is -2.48. The van der Waals surface area contributed by atoms with E-state index >= 15 is 0 Å². The molecule has 0 saturated carbocycles. The second kappa shape index (κ2) is 10.7. The van der Waals surface area contributed by atoms with Crippen LogP contribution in [0.2, 0.25) is 5.02 Å². The van der Waals surface area contributed by atoms with E-state index < -0.39 is 11.7 Å². The smallest absolute Gasteiger partial charge is 0.368 e. The van der Waals surface area contributed by atoms with Gasteiger partial charge in [-0.15, -0.1) is 11.3 Å². The molecule has 3 aromatic rings. The number of anilines is 2. The van der Waals surface area contributed by atoms with Crippen LogP contribution in [0.25, 0.3) is 0 Å². The number of aromatic nitrogens is 1. The molecule has 184 valence electrons. The van der Waals surface area contributed by atoms with E-state index in [1.165, 1.54) is 17.4 Å². The summed E-state index contributed by atoms with van der Waals surface area (Å²) in [4.78, 5) is 32.9. The molecule has 0 spiro atoms. The molecule has 2 amide bonds. The average Bonchev–Trinajstić information content (AvgIpc) is 3.30. The Kier molecular flexibility index (Phi) is 7.61. The van der Waals surface area contributed by atoms with E-state index in [1.807, 2.05) is 4.90 Å². The summed E-state index contributed by atoms with van der Waals surface area (Å²) in [6.45, 7) is 1.80. The van der Waals surface area contributed by atoms with Crippen molar-refractivity contribution < 1.29 is 22.8 Å². The Morgan fingerprint density at radius 2 is 1.77 bits per heavy atom. The summed E-state index contributed by atoms with van der Waals surface area (Å²) in [6, 6.07) is 11.8. The van der Waals surface area contributed by atoms with Crippen molar-refractivity contribution in [2.24, 2.45) is 0 Å². The standard InChI is InChI=1S/C24H22ClF3N4O2S/c25-18-6-4-16(5-7-18)22(34)30-23-29-19(15-35-23)8-9-21(33)32-12-10-31(11-13-32)20-3-1-2-17(14-20)24(26,27)28/h1-7,14-15H,8-13H2,(H,29,30,34). The first-order chi connectivity index (χ1) is 16.7. The Hall–Kier alpha value is -3.11. The highest BCUT2D eigenvalue weighted by molar-refractivity contribution is 7.14. The molecule has 11 heteroatoms. The fourth-order valence-electron chi connectivity index (χ4n) is 3.74. The van der Waals surface area contributed by atoms with E-state index in [0.717, 1.165) is 12.1 Å². The van der Waals surface area contributed by atoms with Crippen molar-refractivity contribution in [1.29, 1.82) is 0 Å². The van der Waals surface area contributed by atoms with Crippen LogP contribution in [0, 0.1) is 0 Å². The van der Waals surface area contributed by atoms with Gasteiger partial charge in [-0.3, -0.25) is 14.9 Å². The monoisotopic (exact) mass is 522 g/mol. The molecule has 1 aliphatic rings. The molecular weight excluding hydrogens is 501 g/mol. The number of benzene rings is 2. The van der Waals surface area contributed by atoms with Gasteiger partial charge in [-0.1, -0.05) is 17.7 Å². The van der Waals surface area contributed by atoms with Crippen molar-refractivity contribution in [1.82, 2.24) is 9.88 Å². The molecule has 0 radical (unpaired) electrons. The van der Waals surface area contributed by atoms with Crippen molar-refractivity contribution in [2.45, 2.75) is 19.0 Å². The maximum Gasteiger partial charge on any atom is 0.416 e. The third-order valence-electron chi connectivity index (χ3n) is 5.64. The molecule has 1 aliphatic heterocycles. The summed E-state index contributed by atoms with van der Waals surface area (Å²) in [5, 5.41) is 5.53. The molecule has 0 aliphatic carbocycles. The SMILES string of the molecule is O=C(Nc1nc(CCC(=O)N2CCN(c3cccc(C(F)(F)F)c3)CC2)cs1)c1ccc(Cl)cc1. The number of hydrogen-bond donors (Lipinski definition) is 1. The predicted molar refractivity (Wildman–Crippen MR) is 130 cm³/mol. The number of aryl methyl sites for hydroxylation is 1. The van der Waals surface area contributed by atoms with Crippen LogP contribution in [0.5, 0.6) is 0 Å². The predicted octanol–water partition coefficient (Wildman–Crippen LogP) is 5.35. The van der Waals surface area contributed by atoms with Crippen LogP contribution in [-0.2, 0) is 17.4 Å². The van der Waals surface area contributed by atoms with Crippen molar-refractivity contribution >= 4 is 45.6 Å². The number of nitrogens with one attached hydrogen (secondary N) is 1. The minimum Gasteiger partial charge on any atom is -0.368 e. The van der Waals surface area contributed by atoms with Crippen molar-refractivity contribution in [3.8, 4) is 0 Å². The zero-order chi connectivity index (χ0) is 25.0. The van der Waals surface area contributed by atoms with Gasteiger partial charge in [0.25, 0.3) is 5.91 Å². The fourth-order valence-corrected chi connectivity index (χ4v) is 4.60. The number of amides is 2. The number of hydrogen-bond acceptors (Lipinski definition) is 5. The topological polar surface area (TPSA) is 65.5 Å². The lowest BCUT2D eigenvalue weighted by molar-refractivity contribution is -0.137. The van der Waals surface area contributed by atoms with Crippen LogP contribution in [0.15, 0.2) is 53.9 Å². The number of carbonyl (C=O) groups excluding carboxylic acids is 2. The van der Waals surface area contributed by atoms with Crippen LogP contribution in [-0.4, -0.2) is 47.9 Å². The Morgan fingerprint density at radius 3 is 2.46 bits per heavy atom. The van der Waals surface area contributed by atoms with E-state index in [4.69, 9.17) is 11.6 Å². The summed E-state index contributed by atoms with van der Waals surface area (Å²) < 4.78 is 38.9. The highest BCUT2D eigenvalue weighted by Crippen LogP contribution is 2.32. The maximum absolute atomic E-state index is 13.0. The average molecular weight is 523 g/mol. The molecule has 2 aromatic carbocycles. The van der Waals surface area contributed by atoms with Crippen molar-refractivity contribution in [3.05, 3.63) is 75.8 Å². The number of carbonyl (C=O) groups is 2. The normalized spacial score (nSPS) is 14.2. The van der Waals surface area contributed by atoms with Gasteiger partial charge in [0.1, 0.15) is 0 Å². The van der Waals surface area contributed by atoms with Gasteiger partial charge in [0.15, 0.2) is 5.13 Å². The minimum absolute atomic E-state index is 0.0338. The molecule has 6 nitrogen and oxygen atoms in total. The van der Waals surface area contributed by atoms with Crippen molar-refractivity contribution in [3.63, 3.8) is 0 Å². The molecule has 0 unspecified atom stereocenters. The Bertz CT molecular complexity index is 1190. The van der Waals surface area contributed by atoms with Gasteiger partial charge in [0.2, 0.25) is 5.91 Å². The van der Waals surface area contributed by atoms with Crippen LogP contribution < -0.4 is 10.2 Å². The molecule has 35 heavy (non-hydrogen) atoms. The zero-order valence-corrected chi connectivity index (χ0v) is 20.1. The molecule has 0 atom stereocenters. The van der Waals surface area contributed by atoms with Gasteiger partial charge in [-0.25, -0.2) is 4.98 Å². The number of rotatable bonds is 6. The lowest BCUT2D eigenvalue weighted by atomic mass is 10.1. The third kappa shape index (κ3) is 6.52. The van der Waals surface area contributed by atoms with E-state index in [0.29, 0.717) is 59.7 Å². The van der Waals surface area contributed by atoms with E-state index in [1.54, 1.807) is 40.6 Å². The highest BCUT2D eigenvalue weighted by Gasteiger charge is 2.31. The first kappa shape index (κ1) is 25.0. The first-order valence-electron chi connectivity index (χ1n) is 10.9. The van der Waals surface area contributed by atoms with Crippen LogP contribution in [0.3, 0.4) is 0 Å². The molecule has 1 saturated heterocycles. The number of halogens is 4. The third-order valence-corrected chi connectivity index (χ3v) is 6.70. The molecule has 1 aromatic heterocycles. The second-order valence-electron chi connectivity index (χ2n) is 8.02. The van der Waals surface area contributed by atoms with Crippen LogP contribution in [0.4, 0.5) is 24.0 Å². The van der Waals surface area contributed by atoms with Gasteiger partial charge in [-0.2, -0.15) is 13.2 Å². The first-order valence-corrected chi connectivity index (χ1v) is 12.2. The van der Waals surface area contributed by atoms with E-state index in [2.05, 4.69) is 10.3 Å². The maximum atomic E-state index is 13.0. The quantitative estimate of drug-likeness (QED) is 0.474. The second-order valence-corrected chi connectivity index (χ2v) is 9.32. The molecule has 4 rings (SSSR count). The molecule has 0 bridgehead atoms. The van der Waals surface area contributed by atoms with Gasteiger partial charge in [0, 0.05) is 54.3 Å². The summed E-state index contributed by atoms with van der Waals surface area (Å²) in [5.74, 6) is -0.328. The minimum atomic E-state index is -4.39. The van der Waals surface area contributed by atoms with E-state index in [9.17, 15) is 22.8 Å². The van der Waals surface area contributed by atoms with Gasteiger partial charge in [0.05, 0.1) is 11.3 Å². The number of alkyl halides is 3. The number of thiazole rings is 1. The Balaban J connectivity index is 1.25. The summed E-state index contributed by atoms with van der Waals surface area (Å²) >= 11 is 7.12. The summed E-state index contributed by atoms with van der Waals surface area (Å²) in [6.07, 6.45) is -3.69. The lowest BCUT2D eigenvalue weighted by Gasteiger charge is -2.36. The summed E-state index contributed by atoms with van der Waals surface area (Å²) in [5.41, 5.74) is 0.992. The fraction of sp³-hybridized carbons (Fsp3) is 0.292. The van der Waals surface area contributed by atoms with Crippen LogP contribution in [0.1, 0.15) is 28.0 Å². The van der Waals surface area contributed by atoms with Crippen LogP contribution >= 0.6 is 22.9 Å². The number of nitrogens with zero attached hydrogens (tertiary/aromatic N) is 3. The number of piperazine rings is 1. The highest BCUT2D eigenvalue weighted by atomic mass is 35.5. The van der Waals surface area contributed by atoms with Gasteiger partial charge in [-0.05, 0) is 48.9 Å². The van der Waals surface area contributed by atoms with Gasteiger partial charge < -0.3 is 9.80 Å². The van der Waals surface area contributed by atoms with E-state index in [-0.39, 0.29) is 18.2 Å². The zero-order valence-electron chi connectivity index (χ0n) is 18.5. The molecular formula is C24H22ClF3N4O2S. The summed E-state index contributed by atoms with van der Waals surface area (Å²) in [7, 11) is 0. The molecule has 1 fully saturated rings. The largest absolute Gasteiger partial charge is 0.416 e. The van der Waals surface area contributed by atoms with Crippen molar-refractivity contribution in [2.75, 3.05) is 36.4 Å². The Morgan fingerprint density at radius 1 is 1.06 bits per heavy atom. The molecule has 2 heterocycles.